The van der Waals surface area contributed by atoms with E-state index in [4.69, 9.17) is 4.74 Å². The van der Waals surface area contributed by atoms with Crippen molar-refractivity contribution in [3.63, 3.8) is 0 Å². The molecule has 0 unspecified atom stereocenters. The molecular weight excluding hydrogens is 280 g/mol. The van der Waals surface area contributed by atoms with E-state index in [1.807, 2.05) is 0 Å². The van der Waals surface area contributed by atoms with Gasteiger partial charge in [0, 0.05) is 13.2 Å². The van der Waals surface area contributed by atoms with E-state index in [0.29, 0.717) is 0 Å². The van der Waals surface area contributed by atoms with Crippen LogP contribution >= 0.6 is 0 Å². The lowest BCUT2D eigenvalue weighted by molar-refractivity contribution is 0.114. The Morgan fingerprint density at radius 1 is 0.696 bits per heavy atom. The molecule has 1 heteroatoms. The second-order valence-corrected chi connectivity index (χ2v) is 7.13. The first-order valence-electron chi connectivity index (χ1n) is 9.44. The molecule has 0 aliphatic carbocycles. The summed E-state index contributed by atoms with van der Waals surface area (Å²) >= 11 is 0. The minimum Gasteiger partial charge on any atom is -0.381 e. The van der Waals surface area contributed by atoms with Crippen molar-refractivity contribution >= 4 is 0 Å². The highest BCUT2D eigenvalue weighted by molar-refractivity contribution is 5.19. The molecule has 0 saturated heterocycles. The summed E-state index contributed by atoms with van der Waals surface area (Å²) in [6.07, 6.45) is 5.02. The minimum atomic E-state index is 0.772. The van der Waals surface area contributed by atoms with Crippen molar-refractivity contribution in [2.24, 2.45) is 11.8 Å². The van der Waals surface area contributed by atoms with E-state index in [9.17, 15) is 0 Å². The second-order valence-electron chi connectivity index (χ2n) is 7.13. The lowest BCUT2D eigenvalue weighted by Crippen LogP contribution is -2.02. The Morgan fingerprint density at radius 3 is 1.22 bits per heavy atom. The van der Waals surface area contributed by atoms with Crippen LogP contribution in [0.1, 0.15) is 78.4 Å². The monoisotopic (exact) mass is 322 g/mol. The highest BCUT2D eigenvalue weighted by Crippen LogP contribution is 2.02. The molecule has 1 rings (SSSR count). The van der Waals surface area contributed by atoms with Gasteiger partial charge in [0.1, 0.15) is 0 Å². The first-order valence-corrected chi connectivity index (χ1v) is 9.44. The van der Waals surface area contributed by atoms with Crippen LogP contribution < -0.4 is 0 Å². The number of aryl methyl sites for hydroxylation is 2. The zero-order valence-electron chi connectivity index (χ0n) is 17.1. The molecule has 23 heavy (non-hydrogen) atoms. The fourth-order valence-corrected chi connectivity index (χ4v) is 1.38. The molecule has 0 aromatic heterocycles. The lowest BCUT2D eigenvalue weighted by atomic mass is 10.1. The molecule has 0 atom stereocenters. The predicted octanol–water partition coefficient (Wildman–Crippen LogP) is 7.21. The quantitative estimate of drug-likeness (QED) is 0.482. The van der Waals surface area contributed by atoms with Crippen molar-refractivity contribution in [2.75, 3.05) is 13.2 Å². The Kier molecular flexibility index (Phi) is 18.6. The molecule has 0 radical (unpaired) electrons. The van der Waals surface area contributed by atoms with Gasteiger partial charge in [0.15, 0.2) is 0 Å². The summed E-state index contributed by atoms with van der Waals surface area (Å²) in [6, 6.07) is 8.48. The van der Waals surface area contributed by atoms with Gasteiger partial charge >= 0.3 is 0 Å². The van der Waals surface area contributed by atoms with Gasteiger partial charge in [0.2, 0.25) is 0 Å². The van der Waals surface area contributed by atoms with E-state index in [1.165, 1.54) is 36.8 Å². The zero-order chi connectivity index (χ0) is 18.1. The van der Waals surface area contributed by atoms with Gasteiger partial charge < -0.3 is 4.74 Å². The Hall–Kier alpha value is -0.820. The van der Waals surface area contributed by atoms with Crippen molar-refractivity contribution in [3.05, 3.63) is 35.4 Å². The standard InChI is InChI=1S/C10H22O.C8H10.C4H10/c1-9(2)5-7-11-8-6-10(3)4;1-7-3-5-8(2)6-4-7;1-3-4-2/h9-10H,5-8H2,1-4H3;3-6H,1-2H3;3-4H2,1-2H3. The van der Waals surface area contributed by atoms with Crippen LogP contribution in [0.5, 0.6) is 0 Å². The minimum absolute atomic E-state index is 0.772. The molecule has 0 heterocycles. The molecule has 1 aromatic rings. The zero-order valence-corrected chi connectivity index (χ0v) is 17.1. The van der Waals surface area contributed by atoms with Crippen molar-refractivity contribution in [3.8, 4) is 0 Å². The van der Waals surface area contributed by atoms with Crippen LogP contribution in [0, 0.1) is 25.7 Å². The van der Waals surface area contributed by atoms with Crippen molar-refractivity contribution in [1.29, 1.82) is 0 Å². The average Bonchev–Trinajstić information content (AvgIpc) is 2.50. The van der Waals surface area contributed by atoms with Crippen molar-refractivity contribution in [1.82, 2.24) is 0 Å². The number of unbranched alkanes of at least 4 members (excludes halogenated alkanes) is 1. The predicted molar refractivity (Wildman–Crippen MR) is 106 cm³/mol. The SMILES string of the molecule is CC(C)CCOCCC(C)C.CCCC.Cc1ccc(C)cc1. The van der Waals surface area contributed by atoms with E-state index in [-0.39, 0.29) is 0 Å². The van der Waals surface area contributed by atoms with Crippen LogP contribution in [-0.4, -0.2) is 13.2 Å². The van der Waals surface area contributed by atoms with E-state index < -0.39 is 0 Å². The molecule has 136 valence electrons. The second kappa shape index (κ2) is 17.5. The lowest BCUT2D eigenvalue weighted by Gasteiger charge is -2.07. The molecule has 0 bridgehead atoms. The number of ether oxygens (including phenoxy) is 1. The molecule has 0 saturated carbocycles. The maximum absolute atomic E-state index is 5.46. The van der Waals surface area contributed by atoms with Gasteiger partial charge in [0.05, 0.1) is 0 Å². The van der Waals surface area contributed by atoms with Crippen molar-refractivity contribution < 1.29 is 4.74 Å². The van der Waals surface area contributed by atoms with Gasteiger partial charge in [-0.3, -0.25) is 0 Å². The molecule has 0 spiro atoms. The normalized spacial score (nSPS) is 10.0. The van der Waals surface area contributed by atoms with Crippen LogP contribution in [0.4, 0.5) is 0 Å². The molecule has 0 fully saturated rings. The number of benzene rings is 1. The molecule has 1 aromatic carbocycles. The van der Waals surface area contributed by atoms with Crippen LogP contribution in [0.15, 0.2) is 24.3 Å². The molecule has 0 aliphatic rings. The maximum atomic E-state index is 5.46. The number of hydrogen-bond acceptors (Lipinski definition) is 1. The molecule has 0 N–H and O–H groups in total. The summed E-state index contributed by atoms with van der Waals surface area (Å²) in [6.45, 7) is 19.3. The van der Waals surface area contributed by atoms with Gasteiger partial charge in [-0.05, 0) is 38.5 Å². The third-order valence-electron chi connectivity index (χ3n) is 3.40. The fraction of sp³-hybridized carbons (Fsp3) is 0.727. The summed E-state index contributed by atoms with van der Waals surface area (Å²) < 4.78 is 5.46. The van der Waals surface area contributed by atoms with Gasteiger partial charge in [0.25, 0.3) is 0 Å². The van der Waals surface area contributed by atoms with E-state index in [1.54, 1.807) is 0 Å². The Balaban J connectivity index is 0. The summed E-state index contributed by atoms with van der Waals surface area (Å²) in [7, 11) is 0. The molecule has 1 nitrogen and oxygen atoms in total. The topological polar surface area (TPSA) is 9.23 Å². The Bertz CT molecular complexity index is 291. The van der Waals surface area contributed by atoms with Gasteiger partial charge in [-0.25, -0.2) is 0 Å². The molecule has 0 amide bonds. The molecule has 0 aliphatic heterocycles. The van der Waals surface area contributed by atoms with Crippen LogP contribution in [0.3, 0.4) is 0 Å². The van der Waals surface area contributed by atoms with Crippen LogP contribution in [0.25, 0.3) is 0 Å². The fourth-order valence-electron chi connectivity index (χ4n) is 1.38. The van der Waals surface area contributed by atoms with E-state index in [0.717, 1.165) is 25.0 Å². The average molecular weight is 323 g/mol. The van der Waals surface area contributed by atoms with Gasteiger partial charge in [-0.2, -0.15) is 0 Å². The Labute approximate surface area is 146 Å². The summed E-state index contributed by atoms with van der Waals surface area (Å²) in [5.41, 5.74) is 2.66. The smallest absolute Gasteiger partial charge is 0.0468 e. The first kappa shape index (κ1) is 24.4. The van der Waals surface area contributed by atoms with E-state index in [2.05, 4.69) is 79.7 Å². The van der Waals surface area contributed by atoms with E-state index >= 15 is 0 Å². The third kappa shape index (κ3) is 23.6. The summed E-state index contributed by atoms with van der Waals surface area (Å²) in [5, 5.41) is 0. The summed E-state index contributed by atoms with van der Waals surface area (Å²) in [4.78, 5) is 0. The molecular formula is C22H42O. The van der Waals surface area contributed by atoms with Crippen LogP contribution in [0.2, 0.25) is 0 Å². The highest BCUT2D eigenvalue weighted by Gasteiger charge is 1.95. The first-order chi connectivity index (χ1) is 10.8. The maximum Gasteiger partial charge on any atom is 0.0468 e. The number of rotatable bonds is 7. The largest absolute Gasteiger partial charge is 0.381 e. The summed E-state index contributed by atoms with van der Waals surface area (Å²) in [5.74, 6) is 1.54. The van der Waals surface area contributed by atoms with Crippen molar-refractivity contribution in [2.45, 2.75) is 81.1 Å². The Morgan fingerprint density at radius 2 is 1.00 bits per heavy atom. The van der Waals surface area contributed by atoms with Gasteiger partial charge in [-0.1, -0.05) is 89.8 Å². The van der Waals surface area contributed by atoms with Crippen LogP contribution in [-0.2, 0) is 4.74 Å². The third-order valence-corrected chi connectivity index (χ3v) is 3.40. The van der Waals surface area contributed by atoms with Gasteiger partial charge in [-0.15, -0.1) is 0 Å². The highest BCUT2D eigenvalue weighted by atomic mass is 16.5. The number of hydrogen-bond donors (Lipinski definition) is 0.